The molecule has 1 aliphatic rings. The summed E-state index contributed by atoms with van der Waals surface area (Å²) >= 11 is 3.80. The van der Waals surface area contributed by atoms with Crippen molar-refractivity contribution in [3.63, 3.8) is 0 Å². The van der Waals surface area contributed by atoms with Gasteiger partial charge in [-0.1, -0.05) is 35.7 Å². The number of aromatic nitrogens is 2. The van der Waals surface area contributed by atoms with E-state index in [0.29, 0.717) is 10.7 Å². The van der Waals surface area contributed by atoms with Crippen molar-refractivity contribution in [2.45, 2.75) is 62.7 Å². The Morgan fingerprint density at radius 3 is 3.06 bits per heavy atom. The number of alkyl halides is 1. The van der Waals surface area contributed by atoms with E-state index < -0.39 is 0 Å². The predicted octanol–water partition coefficient (Wildman–Crippen LogP) is 4.10. The number of nitrogens with zero attached hydrogens (tertiary/aromatic N) is 2. The molecular formula is C13H21BrN2. The summed E-state index contributed by atoms with van der Waals surface area (Å²) in [5.74, 6) is 0.709. The summed E-state index contributed by atoms with van der Waals surface area (Å²) in [7, 11) is 0. The van der Waals surface area contributed by atoms with Crippen LogP contribution in [0.3, 0.4) is 0 Å². The van der Waals surface area contributed by atoms with Crippen molar-refractivity contribution in [2.24, 2.45) is 0 Å². The van der Waals surface area contributed by atoms with E-state index in [1.54, 1.807) is 0 Å². The standard InChI is InChI=1S/C13H21BrN2/c1-2-9-16-13(7-8-15-16)11-5-3-4-6-12(14)10-11/h7-8,11-12H,2-6,9-10H2,1H3. The highest BCUT2D eigenvalue weighted by molar-refractivity contribution is 9.09. The molecule has 2 atom stereocenters. The number of hydrogen-bond donors (Lipinski definition) is 0. The highest BCUT2D eigenvalue weighted by Crippen LogP contribution is 2.34. The molecule has 0 aromatic carbocycles. The van der Waals surface area contributed by atoms with Gasteiger partial charge in [0.15, 0.2) is 0 Å². The number of aryl methyl sites for hydroxylation is 1. The molecule has 3 heteroatoms. The maximum Gasteiger partial charge on any atom is 0.0492 e. The van der Waals surface area contributed by atoms with E-state index in [1.807, 2.05) is 6.20 Å². The van der Waals surface area contributed by atoms with Gasteiger partial charge in [-0.3, -0.25) is 4.68 Å². The third-order valence-corrected chi connectivity index (χ3v) is 4.29. The smallest absolute Gasteiger partial charge is 0.0492 e. The summed E-state index contributed by atoms with van der Waals surface area (Å²) in [4.78, 5) is 0.699. The molecule has 0 aliphatic heterocycles. The molecule has 0 saturated heterocycles. The zero-order chi connectivity index (χ0) is 11.4. The molecule has 0 amide bonds. The van der Waals surface area contributed by atoms with E-state index in [1.165, 1.54) is 44.2 Å². The summed E-state index contributed by atoms with van der Waals surface area (Å²) in [6.07, 6.45) is 9.79. The molecule has 1 aliphatic carbocycles. The van der Waals surface area contributed by atoms with Crippen LogP contribution in [-0.4, -0.2) is 14.6 Å². The van der Waals surface area contributed by atoms with Gasteiger partial charge in [0.1, 0.15) is 0 Å². The Kier molecular flexibility index (Phi) is 4.45. The van der Waals surface area contributed by atoms with Gasteiger partial charge in [0.25, 0.3) is 0 Å². The van der Waals surface area contributed by atoms with Gasteiger partial charge in [-0.15, -0.1) is 0 Å². The first-order valence-electron chi connectivity index (χ1n) is 6.47. The summed E-state index contributed by atoms with van der Waals surface area (Å²) < 4.78 is 2.20. The Morgan fingerprint density at radius 1 is 1.44 bits per heavy atom. The van der Waals surface area contributed by atoms with E-state index >= 15 is 0 Å². The Morgan fingerprint density at radius 2 is 2.25 bits per heavy atom. The predicted molar refractivity (Wildman–Crippen MR) is 71.1 cm³/mol. The average molecular weight is 285 g/mol. The van der Waals surface area contributed by atoms with E-state index in [-0.39, 0.29) is 0 Å². The Balaban J connectivity index is 2.11. The SMILES string of the molecule is CCCn1nccc1C1CCCCC(Br)C1. The Bertz CT molecular complexity index is 321. The topological polar surface area (TPSA) is 17.8 Å². The molecular weight excluding hydrogens is 264 g/mol. The first-order valence-corrected chi connectivity index (χ1v) is 7.38. The molecule has 1 aromatic rings. The van der Waals surface area contributed by atoms with E-state index in [2.05, 4.69) is 38.7 Å². The van der Waals surface area contributed by atoms with Crippen LogP contribution >= 0.6 is 15.9 Å². The molecule has 2 rings (SSSR count). The zero-order valence-corrected chi connectivity index (χ0v) is 11.6. The van der Waals surface area contributed by atoms with Crippen molar-refractivity contribution in [2.75, 3.05) is 0 Å². The van der Waals surface area contributed by atoms with Gasteiger partial charge in [-0.2, -0.15) is 5.10 Å². The molecule has 1 heterocycles. The lowest BCUT2D eigenvalue weighted by Crippen LogP contribution is -2.11. The largest absolute Gasteiger partial charge is 0.269 e. The molecule has 0 radical (unpaired) electrons. The van der Waals surface area contributed by atoms with E-state index in [0.717, 1.165) is 6.54 Å². The second kappa shape index (κ2) is 5.85. The van der Waals surface area contributed by atoms with Gasteiger partial charge < -0.3 is 0 Å². The quantitative estimate of drug-likeness (QED) is 0.604. The zero-order valence-electron chi connectivity index (χ0n) is 10.0. The molecule has 16 heavy (non-hydrogen) atoms. The van der Waals surface area contributed by atoms with Crippen LogP contribution in [-0.2, 0) is 6.54 Å². The molecule has 1 saturated carbocycles. The Hall–Kier alpha value is -0.310. The fraction of sp³-hybridized carbons (Fsp3) is 0.769. The maximum absolute atomic E-state index is 4.44. The van der Waals surface area contributed by atoms with Crippen molar-refractivity contribution < 1.29 is 0 Å². The van der Waals surface area contributed by atoms with Gasteiger partial charge in [-0.25, -0.2) is 0 Å². The van der Waals surface area contributed by atoms with Gasteiger partial charge in [0.2, 0.25) is 0 Å². The van der Waals surface area contributed by atoms with Crippen molar-refractivity contribution >= 4 is 15.9 Å². The third kappa shape index (κ3) is 2.88. The minimum absolute atomic E-state index is 0.699. The van der Waals surface area contributed by atoms with Crippen LogP contribution in [0, 0.1) is 0 Å². The van der Waals surface area contributed by atoms with Gasteiger partial charge in [0, 0.05) is 29.2 Å². The van der Waals surface area contributed by atoms with Crippen molar-refractivity contribution in [3.05, 3.63) is 18.0 Å². The molecule has 0 N–H and O–H groups in total. The monoisotopic (exact) mass is 284 g/mol. The molecule has 90 valence electrons. The van der Waals surface area contributed by atoms with Crippen LogP contribution in [0.25, 0.3) is 0 Å². The second-order valence-electron chi connectivity index (χ2n) is 4.79. The minimum atomic E-state index is 0.699. The van der Waals surface area contributed by atoms with Gasteiger partial charge in [0.05, 0.1) is 0 Å². The molecule has 2 nitrogen and oxygen atoms in total. The first-order chi connectivity index (χ1) is 7.81. The molecule has 0 bridgehead atoms. The van der Waals surface area contributed by atoms with Crippen LogP contribution in [0.5, 0.6) is 0 Å². The van der Waals surface area contributed by atoms with Crippen molar-refractivity contribution in [1.82, 2.24) is 9.78 Å². The highest BCUT2D eigenvalue weighted by atomic mass is 79.9. The lowest BCUT2D eigenvalue weighted by atomic mass is 9.96. The molecule has 2 unspecified atom stereocenters. The van der Waals surface area contributed by atoms with Gasteiger partial charge >= 0.3 is 0 Å². The van der Waals surface area contributed by atoms with Crippen LogP contribution in [0.1, 0.15) is 57.1 Å². The van der Waals surface area contributed by atoms with E-state index in [4.69, 9.17) is 0 Å². The van der Waals surface area contributed by atoms with Crippen molar-refractivity contribution in [1.29, 1.82) is 0 Å². The highest BCUT2D eigenvalue weighted by Gasteiger charge is 2.22. The molecule has 1 fully saturated rings. The lowest BCUT2D eigenvalue weighted by molar-refractivity contribution is 0.504. The van der Waals surface area contributed by atoms with Crippen LogP contribution < -0.4 is 0 Å². The number of rotatable bonds is 3. The van der Waals surface area contributed by atoms with E-state index in [9.17, 15) is 0 Å². The molecule has 0 spiro atoms. The third-order valence-electron chi connectivity index (χ3n) is 3.46. The fourth-order valence-corrected chi connectivity index (χ4v) is 3.43. The first kappa shape index (κ1) is 12.2. The maximum atomic E-state index is 4.44. The fourth-order valence-electron chi connectivity index (χ4n) is 2.66. The summed E-state index contributed by atoms with van der Waals surface area (Å²) in [5.41, 5.74) is 1.45. The average Bonchev–Trinajstić information content (AvgIpc) is 2.61. The van der Waals surface area contributed by atoms with Crippen LogP contribution in [0.15, 0.2) is 12.3 Å². The normalized spacial score (nSPS) is 26.6. The summed E-state index contributed by atoms with van der Waals surface area (Å²) in [6, 6.07) is 2.21. The number of hydrogen-bond acceptors (Lipinski definition) is 1. The van der Waals surface area contributed by atoms with Crippen LogP contribution in [0.2, 0.25) is 0 Å². The minimum Gasteiger partial charge on any atom is -0.269 e. The van der Waals surface area contributed by atoms with Crippen LogP contribution in [0.4, 0.5) is 0 Å². The van der Waals surface area contributed by atoms with Gasteiger partial charge in [-0.05, 0) is 31.7 Å². The van der Waals surface area contributed by atoms with Crippen molar-refractivity contribution in [3.8, 4) is 0 Å². The second-order valence-corrected chi connectivity index (χ2v) is 6.09. The number of halogens is 1. The Labute approximate surface area is 107 Å². The lowest BCUT2D eigenvalue weighted by Gasteiger charge is -2.17. The molecule has 1 aromatic heterocycles. The summed E-state index contributed by atoms with van der Waals surface area (Å²) in [5, 5.41) is 4.44. The summed E-state index contributed by atoms with van der Waals surface area (Å²) in [6.45, 7) is 3.28.